The number of carbonyl (C=O) groups is 1. The Bertz CT molecular complexity index is 778. The third-order valence-corrected chi connectivity index (χ3v) is 5.29. The number of carbonyl (C=O) groups excluding carboxylic acids is 1. The van der Waals surface area contributed by atoms with E-state index in [4.69, 9.17) is 4.74 Å². The van der Waals surface area contributed by atoms with Crippen molar-refractivity contribution in [2.24, 2.45) is 0 Å². The van der Waals surface area contributed by atoms with Crippen molar-refractivity contribution in [3.8, 4) is 5.75 Å². The van der Waals surface area contributed by atoms with Gasteiger partial charge < -0.3 is 14.7 Å². The van der Waals surface area contributed by atoms with Crippen molar-refractivity contribution < 1.29 is 14.6 Å². The van der Waals surface area contributed by atoms with E-state index in [0.717, 1.165) is 41.5 Å². The molecule has 1 aliphatic rings. The number of amides is 1. The molecule has 3 rings (SSSR count). The molecular weight excluding hydrogens is 314 g/mol. The molecule has 1 aliphatic heterocycles. The quantitative estimate of drug-likeness (QED) is 0.922. The fraction of sp³-hybridized carbons (Fsp3) is 0.476. The minimum Gasteiger partial charge on any atom is -0.497 e. The first-order chi connectivity index (χ1) is 11.8. The average molecular weight is 341 g/mol. The van der Waals surface area contributed by atoms with Crippen LogP contribution in [0.1, 0.15) is 45.1 Å². The number of ether oxygens (including phenoxy) is 1. The van der Waals surface area contributed by atoms with Gasteiger partial charge in [0.25, 0.3) is 0 Å². The minimum absolute atomic E-state index is 0.0949. The van der Waals surface area contributed by atoms with Crippen molar-refractivity contribution in [2.45, 2.75) is 51.2 Å². The Morgan fingerprint density at radius 3 is 2.60 bits per heavy atom. The van der Waals surface area contributed by atoms with Gasteiger partial charge >= 0.3 is 0 Å². The van der Waals surface area contributed by atoms with Gasteiger partial charge in [-0.15, -0.1) is 0 Å². The fourth-order valence-electron chi connectivity index (χ4n) is 3.79. The molecule has 0 bridgehead atoms. The first kappa shape index (κ1) is 17.7. The summed E-state index contributed by atoms with van der Waals surface area (Å²) < 4.78 is 5.26. The van der Waals surface area contributed by atoms with Gasteiger partial charge in [-0.1, -0.05) is 24.3 Å². The summed E-state index contributed by atoms with van der Waals surface area (Å²) in [6.07, 6.45) is 1.81. The standard InChI is InChI=1S/C21H27NO3/c1-14(20(23)22-11-5-6-19(22)21(2,3)24)15-7-8-17-13-18(25-4)10-9-16(17)12-15/h7-10,12-14,19,24H,5-6,11H2,1-4H3/t14-,19?/m0/s1. The van der Waals surface area contributed by atoms with Gasteiger partial charge in [0, 0.05) is 6.54 Å². The Morgan fingerprint density at radius 1 is 1.24 bits per heavy atom. The third-order valence-electron chi connectivity index (χ3n) is 5.29. The van der Waals surface area contributed by atoms with Gasteiger partial charge in [-0.05, 0) is 62.1 Å². The molecule has 1 heterocycles. The maximum atomic E-state index is 13.0. The maximum Gasteiger partial charge on any atom is 0.230 e. The van der Waals surface area contributed by atoms with E-state index in [2.05, 4.69) is 6.07 Å². The lowest BCUT2D eigenvalue weighted by molar-refractivity contribution is -0.137. The van der Waals surface area contributed by atoms with Crippen LogP contribution in [0.3, 0.4) is 0 Å². The van der Waals surface area contributed by atoms with Crippen LogP contribution in [0.5, 0.6) is 5.75 Å². The molecule has 1 saturated heterocycles. The average Bonchev–Trinajstić information content (AvgIpc) is 3.09. The Balaban J connectivity index is 1.86. The lowest BCUT2D eigenvalue weighted by atomic mass is 9.93. The predicted octanol–water partition coefficient (Wildman–Crippen LogP) is 3.71. The summed E-state index contributed by atoms with van der Waals surface area (Å²) in [6, 6.07) is 12.0. The zero-order valence-corrected chi connectivity index (χ0v) is 15.5. The second-order valence-electron chi connectivity index (χ2n) is 7.54. The molecule has 2 aromatic carbocycles. The largest absolute Gasteiger partial charge is 0.497 e. The molecule has 4 nitrogen and oxygen atoms in total. The summed E-state index contributed by atoms with van der Waals surface area (Å²) >= 11 is 0. The lowest BCUT2D eigenvalue weighted by Gasteiger charge is -2.35. The van der Waals surface area contributed by atoms with Gasteiger partial charge in [0.05, 0.1) is 24.7 Å². The summed E-state index contributed by atoms with van der Waals surface area (Å²) in [5.74, 6) is 0.696. The number of hydrogen-bond donors (Lipinski definition) is 1. The summed E-state index contributed by atoms with van der Waals surface area (Å²) in [4.78, 5) is 14.9. The number of nitrogens with zero attached hydrogens (tertiary/aromatic N) is 1. The second-order valence-corrected chi connectivity index (χ2v) is 7.54. The Hall–Kier alpha value is -2.07. The van der Waals surface area contributed by atoms with Crippen molar-refractivity contribution >= 4 is 16.7 Å². The number of likely N-dealkylation sites (tertiary alicyclic amines) is 1. The highest BCUT2D eigenvalue weighted by molar-refractivity contribution is 5.88. The van der Waals surface area contributed by atoms with Crippen LogP contribution >= 0.6 is 0 Å². The molecule has 2 aromatic rings. The van der Waals surface area contributed by atoms with Crippen molar-refractivity contribution in [3.63, 3.8) is 0 Å². The number of methoxy groups -OCH3 is 1. The number of rotatable bonds is 4. The smallest absolute Gasteiger partial charge is 0.230 e. The van der Waals surface area contributed by atoms with Gasteiger partial charge in [0.15, 0.2) is 0 Å². The molecule has 0 aromatic heterocycles. The van der Waals surface area contributed by atoms with Crippen molar-refractivity contribution in [1.29, 1.82) is 0 Å². The van der Waals surface area contributed by atoms with Crippen LogP contribution in [-0.4, -0.2) is 41.2 Å². The molecule has 0 saturated carbocycles. The van der Waals surface area contributed by atoms with E-state index in [0.29, 0.717) is 0 Å². The Kier molecular flexibility index (Phi) is 4.74. The van der Waals surface area contributed by atoms with E-state index in [1.807, 2.05) is 42.2 Å². The molecule has 4 heteroatoms. The van der Waals surface area contributed by atoms with Crippen LogP contribution in [-0.2, 0) is 4.79 Å². The SMILES string of the molecule is COc1ccc2cc([C@H](C)C(=O)N3CCCC3C(C)(C)O)ccc2c1. The topological polar surface area (TPSA) is 49.8 Å². The first-order valence-electron chi connectivity index (χ1n) is 8.92. The zero-order chi connectivity index (χ0) is 18.2. The third kappa shape index (κ3) is 3.49. The van der Waals surface area contributed by atoms with Crippen LogP contribution in [0.2, 0.25) is 0 Å². The lowest BCUT2D eigenvalue weighted by Crippen LogP contribution is -2.49. The highest BCUT2D eigenvalue weighted by atomic mass is 16.5. The molecule has 1 amide bonds. The molecular formula is C21H27NO3. The number of benzene rings is 2. The molecule has 0 radical (unpaired) electrons. The van der Waals surface area contributed by atoms with Gasteiger partial charge in [-0.3, -0.25) is 4.79 Å². The van der Waals surface area contributed by atoms with E-state index in [1.165, 1.54) is 0 Å². The number of aliphatic hydroxyl groups is 1. The summed E-state index contributed by atoms with van der Waals surface area (Å²) in [7, 11) is 1.66. The Labute approximate surface area is 149 Å². The Morgan fingerprint density at radius 2 is 1.92 bits per heavy atom. The van der Waals surface area contributed by atoms with Crippen LogP contribution < -0.4 is 4.74 Å². The molecule has 0 aliphatic carbocycles. The van der Waals surface area contributed by atoms with E-state index >= 15 is 0 Å². The summed E-state index contributed by atoms with van der Waals surface area (Å²) in [5.41, 5.74) is 0.135. The normalized spacial score (nSPS) is 19.2. The van der Waals surface area contributed by atoms with E-state index in [-0.39, 0.29) is 17.9 Å². The predicted molar refractivity (Wildman–Crippen MR) is 99.9 cm³/mol. The second kappa shape index (κ2) is 6.68. The van der Waals surface area contributed by atoms with E-state index in [1.54, 1.807) is 21.0 Å². The summed E-state index contributed by atoms with van der Waals surface area (Å²) in [5, 5.41) is 12.6. The monoisotopic (exact) mass is 341 g/mol. The summed E-state index contributed by atoms with van der Waals surface area (Å²) in [6.45, 7) is 6.25. The number of hydrogen-bond acceptors (Lipinski definition) is 3. The van der Waals surface area contributed by atoms with Gasteiger partial charge in [-0.25, -0.2) is 0 Å². The van der Waals surface area contributed by atoms with Crippen molar-refractivity contribution in [1.82, 2.24) is 4.90 Å². The molecule has 1 unspecified atom stereocenters. The first-order valence-corrected chi connectivity index (χ1v) is 8.92. The highest BCUT2D eigenvalue weighted by Gasteiger charge is 2.39. The molecule has 134 valence electrons. The fourth-order valence-corrected chi connectivity index (χ4v) is 3.79. The van der Waals surface area contributed by atoms with Crippen LogP contribution in [0.25, 0.3) is 10.8 Å². The molecule has 25 heavy (non-hydrogen) atoms. The van der Waals surface area contributed by atoms with Crippen molar-refractivity contribution in [2.75, 3.05) is 13.7 Å². The maximum absolute atomic E-state index is 13.0. The highest BCUT2D eigenvalue weighted by Crippen LogP contribution is 2.31. The molecule has 1 N–H and O–H groups in total. The molecule has 1 fully saturated rings. The van der Waals surface area contributed by atoms with Crippen molar-refractivity contribution in [3.05, 3.63) is 42.0 Å². The van der Waals surface area contributed by atoms with Gasteiger partial charge in [0.2, 0.25) is 5.91 Å². The zero-order valence-electron chi connectivity index (χ0n) is 15.5. The minimum atomic E-state index is -0.869. The van der Waals surface area contributed by atoms with Gasteiger partial charge in [-0.2, -0.15) is 0 Å². The number of fused-ring (bicyclic) bond motifs is 1. The van der Waals surface area contributed by atoms with Crippen LogP contribution in [0, 0.1) is 0 Å². The molecule has 2 atom stereocenters. The van der Waals surface area contributed by atoms with Crippen LogP contribution in [0.15, 0.2) is 36.4 Å². The molecule has 0 spiro atoms. The van der Waals surface area contributed by atoms with E-state index < -0.39 is 5.60 Å². The van der Waals surface area contributed by atoms with Crippen LogP contribution in [0.4, 0.5) is 0 Å². The van der Waals surface area contributed by atoms with E-state index in [9.17, 15) is 9.90 Å². The van der Waals surface area contributed by atoms with Gasteiger partial charge in [0.1, 0.15) is 5.75 Å².